The molecule has 2 nitrogen and oxygen atoms in total. The summed E-state index contributed by atoms with van der Waals surface area (Å²) in [5.41, 5.74) is 0.691. The molecule has 0 saturated carbocycles. The van der Waals surface area contributed by atoms with Crippen molar-refractivity contribution in [2.24, 2.45) is 0 Å². The van der Waals surface area contributed by atoms with E-state index in [0.29, 0.717) is 18.0 Å². The van der Waals surface area contributed by atoms with Gasteiger partial charge in [0.1, 0.15) is 0 Å². The van der Waals surface area contributed by atoms with Crippen molar-refractivity contribution in [3.05, 3.63) is 12.2 Å². The Morgan fingerprint density at radius 3 is 2.85 bits per heavy atom. The number of carbonyl (C=O) groups excluding carboxylic acids is 1. The minimum Gasteiger partial charge on any atom is -0.314 e. The first kappa shape index (κ1) is 10.5. The average Bonchev–Trinajstić information content (AvgIpc) is 2.15. The molecule has 0 radical (unpaired) electrons. The van der Waals surface area contributed by atoms with Gasteiger partial charge < -0.3 is 5.32 Å². The Labute approximate surface area is 80.4 Å². The Morgan fingerprint density at radius 2 is 2.31 bits per heavy atom. The van der Waals surface area contributed by atoms with Crippen LogP contribution in [0.3, 0.4) is 0 Å². The zero-order chi connectivity index (χ0) is 9.68. The fourth-order valence-electron chi connectivity index (χ4n) is 1.69. The van der Waals surface area contributed by atoms with Crippen LogP contribution in [0.1, 0.15) is 39.0 Å². The van der Waals surface area contributed by atoms with Crippen LogP contribution in [0.5, 0.6) is 0 Å². The van der Waals surface area contributed by atoms with E-state index < -0.39 is 0 Å². The van der Waals surface area contributed by atoms with Gasteiger partial charge in [0.05, 0.1) is 0 Å². The maximum atomic E-state index is 11.3. The minimum atomic E-state index is 0.215. The highest BCUT2D eigenvalue weighted by Gasteiger charge is 2.13. The molecule has 1 rings (SSSR count). The Morgan fingerprint density at radius 1 is 1.54 bits per heavy atom. The lowest BCUT2D eigenvalue weighted by atomic mass is 9.98. The normalized spacial score (nSPS) is 22.7. The second kappa shape index (κ2) is 5.18. The SMILES string of the molecule is C=C(C)C(=O)CCC1CCCCN1. The van der Waals surface area contributed by atoms with Crippen LogP contribution in [-0.4, -0.2) is 18.4 Å². The fourth-order valence-corrected chi connectivity index (χ4v) is 1.69. The minimum absolute atomic E-state index is 0.215. The molecule has 1 unspecified atom stereocenters. The van der Waals surface area contributed by atoms with E-state index >= 15 is 0 Å². The van der Waals surface area contributed by atoms with Gasteiger partial charge in [-0.05, 0) is 38.3 Å². The smallest absolute Gasteiger partial charge is 0.158 e. The van der Waals surface area contributed by atoms with Crippen LogP contribution in [0.15, 0.2) is 12.2 Å². The number of rotatable bonds is 4. The molecule has 1 fully saturated rings. The Bertz CT molecular complexity index is 192. The summed E-state index contributed by atoms with van der Waals surface area (Å²) in [6, 6.07) is 0.567. The van der Waals surface area contributed by atoms with Crippen molar-refractivity contribution in [1.82, 2.24) is 5.32 Å². The molecule has 0 aromatic rings. The summed E-state index contributed by atoms with van der Waals surface area (Å²) in [6.45, 7) is 6.55. The molecule has 1 heterocycles. The number of carbonyl (C=O) groups is 1. The quantitative estimate of drug-likeness (QED) is 0.672. The number of nitrogens with one attached hydrogen (secondary N) is 1. The van der Waals surface area contributed by atoms with Crippen LogP contribution in [0.4, 0.5) is 0 Å². The van der Waals surface area contributed by atoms with Crippen LogP contribution in [-0.2, 0) is 4.79 Å². The van der Waals surface area contributed by atoms with Gasteiger partial charge >= 0.3 is 0 Å². The maximum absolute atomic E-state index is 11.3. The van der Waals surface area contributed by atoms with Crippen LogP contribution in [0, 0.1) is 0 Å². The first-order chi connectivity index (χ1) is 6.20. The molecule has 74 valence electrons. The largest absolute Gasteiger partial charge is 0.314 e. The topological polar surface area (TPSA) is 29.1 Å². The average molecular weight is 181 g/mol. The van der Waals surface area contributed by atoms with Gasteiger partial charge in [-0.25, -0.2) is 0 Å². The Kier molecular flexibility index (Phi) is 4.16. The van der Waals surface area contributed by atoms with Gasteiger partial charge in [-0.3, -0.25) is 4.79 Å². The zero-order valence-electron chi connectivity index (χ0n) is 8.44. The molecule has 0 amide bonds. The van der Waals surface area contributed by atoms with Gasteiger partial charge in [0.2, 0.25) is 0 Å². The Hall–Kier alpha value is -0.630. The number of allylic oxidation sites excluding steroid dienone is 1. The molecule has 1 N–H and O–H groups in total. The van der Waals surface area contributed by atoms with Crippen LogP contribution >= 0.6 is 0 Å². The van der Waals surface area contributed by atoms with Gasteiger partial charge in [0.25, 0.3) is 0 Å². The summed E-state index contributed by atoms with van der Waals surface area (Å²) in [4.78, 5) is 11.3. The van der Waals surface area contributed by atoms with Crippen molar-refractivity contribution in [2.75, 3.05) is 6.54 Å². The first-order valence-electron chi connectivity index (χ1n) is 5.12. The third-order valence-electron chi connectivity index (χ3n) is 2.61. The van der Waals surface area contributed by atoms with E-state index in [1.807, 2.05) is 0 Å². The predicted octanol–water partition coefficient (Wildman–Crippen LogP) is 2.05. The molecular formula is C11H19NO. The van der Waals surface area contributed by atoms with Gasteiger partial charge in [0, 0.05) is 12.5 Å². The third kappa shape index (κ3) is 3.73. The second-order valence-corrected chi connectivity index (χ2v) is 3.89. The lowest BCUT2D eigenvalue weighted by molar-refractivity contribution is -0.115. The molecule has 2 heteroatoms. The first-order valence-corrected chi connectivity index (χ1v) is 5.12. The van der Waals surface area contributed by atoms with E-state index in [9.17, 15) is 4.79 Å². The molecular weight excluding hydrogens is 162 g/mol. The highest BCUT2D eigenvalue weighted by Crippen LogP contribution is 2.12. The second-order valence-electron chi connectivity index (χ2n) is 3.89. The molecule has 0 aromatic heterocycles. The fraction of sp³-hybridized carbons (Fsp3) is 0.727. The molecule has 0 aliphatic carbocycles. The van der Waals surface area contributed by atoms with Crippen molar-refractivity contribution >= 4 is 5.78 Å². The van der Waals surface area contributed by atoms with Crippen LogP contribution in [0.2, 0.25) is 0 Å². The number of piperidine rings is 1. The lowest BCUT2D eigenvalue weighted by Gasteiger charge is -2.22. The standard InChI is InChI=1S/C11H19NO/c1-9(2)11(13)7-6-10-5-3-4-8-12-10/h10,12H,1,3-8H2,2H3. The highest BCUT2D eigenvalue weighted by atomic mass is 16.1. The molecule has 13 heavy (non-hydrogen) atoms. The Balaban J connectivity index is 2.17. The summed E-state index contributed by atoms with van der Waals surface area (Å²) >= 11 is 0. The van der Waals surface area contributed by atoms with Gasteiger partial charge in [0.15, 0.2) is 5.78 Å². The molecule has 1 aliphatic heterocycles. The lowest BCUT2D eigenvalue weighted by Crippen LogP contribution is -2.34. The van der Waals surface area contributed by atoms with E-state index in [1.54, 1.807) is 6.92 Å². The number of ketones is 1. The number of hydrogen-bond donors (Lipinski definition) is 1. The summed E-state index contributed by atoms with van der Waals surface area (Å²) in [7, 11) is 0. The molecule has 1 saturated heterocycles. The van der Waals surface area contributed by atoms with Gasteiger partial charge in [-0.2, -0.15) is 0 Å². The molecule has 1 atom stereocenters. The van der Waals surface area contributed by atoms with E-state index in [0.717, 1.165) is 13.0 Å². The van der Waals surface area contributed by atoms with E-state index in [-0.39, 0.29) is 5.78 Å². The summed E-state index contributed by atoms with van der Waals surface area (Å²) in [5.74, 6) is 0.215. The molecule has 0 bridgehead atoms. The van der Waals surface area contributed by atoms with Gasteiger partial charge in [-0.1, -0.05) is 13.0 Å². The maximum Gasteiger partial charge on any atom is 0.158 e. The van der Waals surface area contributed by atoms with Crippen molar-refractivity contribution < 1.29 is 4.79 Å². The summed E-state index contributed by atoms with van der Waals surface area (Å²) in [5, 5.41) is 3.43. The molecule has 0 spiro atoms. The van der Waals surface area contributed by atoms with E-state index in [4.69, 9.17) is 0 Å². The van der Waals surface area contributed by atoms with Crippen molar-refractivity contribution in [3.63, 3.8) is 0 Å². The summed E-state index contributed by atoms with van der Waals surface area (Å²) in [6.07, 6.45) is 5.45. The molecule has 1 aliphatic rings. The number of Topliss-reactive ketones (excluding diaryl/α,β-unsaturated/α-hetero) is 1. The van der Waals surface area contributed by atoms with Crippen molar-refractivity contribution in [1.29, 1.82) is 0 Å². The number of hydrogen-bond acceptors (Lipinski definition) is 2. The van der Waals surface area contributed by atoms with E-state index in [2.05, 4.69) is 11.9 Å². The summed E-state index contributed by atoms with van der Waals surface area (Å²) < 4.78 is 0. The predicted molar refractivity (Wildman–Crippen MR) is 54.7 cm³/mol. The van der Waals surface area contributed by atoms with Crippen LogP contribution in [0.25, 0.3) is 0 Å². The van der Waals surface area contributed by atoms with Crippen LogP contribution < -0.4 is 5.32 Å². The highest BCUT2D eigenvalue weighted by molar-refractivity contribution is 5.94. The van der Waals surface area contributed by atoms with E-state index in [1.165, 1.54) is 19.3 Å². The van der Waals surface area contributed by atoms with Crippen molar-refractivity contribution in [2.45, 2.75) is 45.1 Å². The zero-order valence-corrected chi connectivity index (χ0v) is 8.44. The van der Waals surface area contributed by atoms with Gasteiger partial charge in [-0.15, -0.1) is 0 Å². The molecule has 0 aromatic carbocycles. The van der Waals surface area contributed by atoms with Crippen molar-refractivity contribution in [3.8, 4) is 0 Å². The monoisotopic (exact) mass is 181 g/mol. The third-order valence-corrected chi connectivity index (χ3v) is 2.61.